The van der Waals surface area contributed by atoms with Crippen LogP contribution in [0.5, 0.6) is 0 Å². The van der Waals surface area contributed by atoms with Gasteiger partial charge in [-0.05, 0) is 6.42 Å². The second kappa shape index (κ2) is 4.40. The largest absolute Gasteiger partial charge is 0.388 e. The molecular formula is C9H14N4O4. The molecular weight excluding hydrogens is 228 g/mol. The first-order chi connectivity index (χ1) is 8.04. The van der Waals surface area contributed by atoms with E-state index in [0.717, 1.165) is 0 Å². The van der Waals surface area contributed by atoms with Crippen LogP contribution >= 0.6 is 0 Å². The molecule has 0 aliphatic carbocycles. The summed E-state index contributed by atoms with van der Waals surface area (Å²) in [5.74, 6) is -0.918. The lowest BCUT2D eigenvalue weighted by molar-refractivity contribution is -0.0451. The summed E-state index contributed by atoms with van der Waals surface area (Å²) in [4.78, 5) is 14.5. The van der Waals surface area contributed by atoms with Crippen molar-refractivity contribution >= 4 is 5.91 Å². The van der Waals surface area contributed by atoms with Crippen LogP contribution in [0.3, 0.4) is 0 Å². The average molecular weight is 242 g/mol. The highest BCUT2D eigenvalue weighted by Gasteiger charge is 2.43. The standard InChI is InChI=1S/C9H14N4O4/c1-2-4-5(14)6(15)9(17-4)13-3-11-8(12-13)7(10)16/h3-6,9,14-15H,2H2,1H3,(H2,10,16)/t4?,5?,6-,9?/m1/s1. The Labute approximate surface area is 97.0 Å². The molecule has 0 saturated carbocycles. The Bertz CT molecular complexity index is 421. The first-order valence-corrected chi connectivity index (χ1v) is 5.27. The molecule has 1 aromatic heterocycles. The smallest absolute Gasteiger partial charge is 0.288 e. The van der Waals surface area contributed by atoms with E-state index in [1.807, 2.05) is 6.92 Å². The molecule has 17 heavy (non-hydrogen) atoms. The lowest BCUT2D eigenvalue weighted by atomic mass is 10.1. The lowest BCUT2D eigenvalue weighted by Crippen LogP contribution is -2.31. The number of ether oxygens (including phenoxy) is 1. The fourth-order valence-electron chi connectivity index (χ4n) is 1.80. The predicted octanol–water partition coefficient (Wildman–Crippen LogP) is -1.59. The Morgan fingerprint density at radius 1 is 1.59 bits per heavy atom. The number of carbonyl (C=O) groups excluding carboxylic acids is 1. The van der Waals surface area contributed by atoms with Crippen LogP contribution in [0.15, 0.2) is 6.33 Å². The van der Waals surface area contributed by atoms with Crippen molar-refractivity contribution in [3.05, 3.63) is 12.2 Å². The first-order valence-electron chi connectivity index (χ1n) is 5.27. The van der Waals surface area contributed by atoms with Gasteiger partial charge in [0.2, 0.25) is 5.82 Å². The van der Waals surface area contributed by atoms with E-state index in [4.69, 9.17) is 10.5 Å². The van der Waals surface area contributed by atoms with Crippen LogP contribution in [-0.2, 0) is 4.74 Å². The van der Waals surface area contributed by atoms with E-state index < -0.39 is 30.4 Å². The maximum Gasteiger partial charge on any atom is 0.288 e. The fourth-order valence-corrected chi connectivity index (χ4v) is 1.80. The molecule has 1 aromatic rings. The molecule has 1 aliphatic heterocycles. The molecule has 1 amide bonds. The van der Waals surface area contributed by atoms with Gasteiger partial charge in [-0.2, -0.15) is 0 Å². The number of aliphatic hydroxyl groups is 2. The number of carbonyl (C=O) groups is 1. The second-order valence-electron chi connectivity index (χ2n) is 3.87. The van der Waals surface area contributed by atoms with Crippen LogP contribution in [0.4, 0.5) is 0 Å². The van der Waals surface area contributed by atoms with Crippen LogP contribution in [0.1, 0.15) is 30.2 Å². The van der Waals surface area contributed by atoms with Gasteiger partial charge in [0.1, 0.15) is 18.5 Å². The molecule has 0 bridgehead atoms. The average Bonchev–Trinajstić information content (AvgIpc) is 2.87. The maximum absolute atomic E-state index is 10.8. The van der Waals surface area contributed by atoms with Crippen LogP contribution in [-0.4, -0.2) is 49.2 Å². The molecule has 1 fully saturated rings. The molecule has 1 aliphatic rings. The van der Waals surface area contributed by atoms with Crippen LogP contribution < -0.4 is 5.73 Å². The van der Waals surface area contributed by atoms with Gasteiger partial charge in [-0.15, -0.1) is 5.10 Å². The van der Waals surface area contributed by atoms with Gasteiger partial charge in [-0.25, -0.2) is 9.67 Å². The van der Waals surface area contributed by atoms with Gasteiger partial charge >= 0.3 is 0 Å². The summed E-state index contributed by atoms with van der Waals surface area (Å²) >= 11 is 0. The molecule has 3 unspecified atom stereocenters. The van der Waals surface area contributed by atoms with Crippen molar-refractivity contribution < 1.29 is 19.7 Å². The monoisotopic (exact) mass is 242 g/mol. The van der Waals surface area contributed by atoms with E-state index >= 15 is 0 Å². The number of aromatic nitrogens is 3. The highest BCUT2D eigenvalue weighted by Crippen LogP contribution is 2.29. The number of nitrogens with zero attached hydrogens (tertiary/aromatic N) is 3. The van der Waals surface area contributed by atoms with Crippen molar-refractivity contribution in [2.45, 2.75) is 37.9 Å². The molecule has 4 N–H and O–H groups in total. The number of hydrogen-bond donors (Lipinski definition) is 3. The second-order valence-corrected chi connectivity index (χ2v) is 3.87. The highest BCUT2D eigenvalue weighted by molar-refractivity contribution is 5.88. The summed E-state index contributed by atoms with van der Waals surface area (Å²) in [5, 5.41) is 23.2. The fraction of sp³-hybridized carbons (Fsp3) is 0.667. The zero-order chi connectivity index (χ0) is 12.6. The zero-order valence-electron chi connectivity index (χ0n) is 9.22. The molecule has 8 nitrogen and oxygen atoms in total. The Morgan fingerprint density at radius 2 is 2.29 bits per heavy atom. The Balaban J connectivity index is 2.19. The van der Waals surface area contributed by atoms with Crippen molar-refractivity contribution in [2.24, 2.45) is 5.73 Å². The third kappa shape index (κ3) is 2.02. The summed E-state index contributed by atoms with van der Waals surface area (Å²) in [7, 11) is 0. The lowest BCUT2D eigenvalue weighted by Gasteiger charge is -2.13. The summed E-state index contributed by atoms with van der Waals surface area (Å²) in [6.07, 6.45) is -1.61. The number of primary amides is 1. The van der Waals surface area contributed by atoms with Gasteiger partial charge in [-0.1, -0.05) is 6.92 Å². The molecule has 1 saturated heterocycles. The summed E-state index contributed by atoms with van der Waals surface area (Å²) in [6.45, 7) is 1.83. The molecule has 0 spiro atoms. The van der Waals surface area contributed by atoms with E-state index in [0.29, 0.717) is 6.42 Å². The Morgan fingerprint density at radius 3 is 2.76 bits per heavy atom. The minimum absolute atomic E-state index is 0.157. The Kier molecular flexibility index (Phi) is 3.09. The molecule has 94 valence electrons. The van der Waals surface area contributed by atoms with E-state index in [9.17, 15) is 15.0 Å². The highest BCUT2D eigenvalue weighted by atomic mass is 16.6. The van der Waals surface area contributed by atoms with Crippen molar-refractivity contribution in [1.82, 2.24) is 14.8 Å². The molecule has 8 heteroatoms. The minimum atomic E-state index is -1.11. The topological polar surface area (TPSA) is 123 Å². The number of amides is 1. The van der Waals surface area contributed by atoms with Crippen molar-refractivity contribution in [3.8, 4) is 0 Å². The van der Waals surface area contributed by atoms with Crippen LogP contribution in [0, 0.1) is 0 Å². The third-order valence-corrected chi connectivity index (χ3v) is 2.73. The molecule has 2 heterocycles. The number of rotatable bonds is 3. The van der Waals surface area contributed by atoms with Gasteiger partial charge in [-0.3, -0.25) is 4.79 Å². The van der Waals surface area contributed by atoms with Gasteiger partial charge in [0, 0.05) is 0 Å². The van der Waals surface area contributed by atoms with Gasteiger partial charge in [0.15, 0.2) is 6.23 Å². The first kappa shape index (κ1) is 12.0. The van der Waals surface area contributed by atoms with Crippen molar-refractivity contribution in [2.75, 3.05) is 0 Å². The van der Waals surface area contributed by atoms with Crippen LogP contribution in [0.2, 0.25) is 0 Å². The summed E-state index contributed by atoms with van der Waals surface area (Å²) in [6, 6.07) is 0. The van der Waals surface area contributed by atoms with E-state index in [1.54, 1.807) is 0 Å². The molecule has 4 atom stereocenters. The van der Waals surface area contributed by atoms with Gasteiger partial charge in [0.05, 0.1) is 6.10 Å². The van der Waals surface area contributed by atoms with E-state index in [1.165, 1.54) is 11.0 Å². The zero-order valence-corrected chi connectivity index (χ0v) is 9.22. The molecule has 2 rings (SSSR count). The van der Waals surface area contributed by atoms with E-state index in [-0.39, 0.29) is 5.82 Å². The quantitative estimate of drug-likeness (QED) is 0.587. The number of hydrogen-bond acceptors (Lipinski definition) is 6. The normalized spacial score (nSPS) is 32.9. The van der Waals surface area contributed by atoms with E-state index in [2.05, 4.69) is 10.1 Å². The summed E-state index contributed by atoms with van der Waals surface area (Å²) < 4.78 is 6.61. The van der Waals surface area contributed by atoms with Crippen molar-refractivity contribution in [1.29, 1.82) is 0 Å². The molecule has 0 radical (unpaired) electrons. The Hall–Kier alpha value is -1.51. The summed E-state index contributed by atoms with van der Waals surface area (Å²) in [5.41, 5.74) is 5.01. The van der Waals surface area contributed by atoms with Crippen molar-refractivity contribution in [3.63, 3.8) is 0 Å². The number of aliphatic hydroxyl groups excluding tert-OH is 2. The third-order valence-electron chi connectivity index (χ3n) is 2.73. The minimum Gasteiger partial charge on any atom is -0.388 e. The maximum atomic E-state index is 10.8. The van der Waals surface area contributed by atoms with Crippen LogP contribution in [0.25, 0.3) is 0 Å². The SMILES string of the molecule is CCC1OC(n2cnc(C(N)=O)n2)[C@H](O)C1O. The molecule has 0 aromatic carbocycles. The van der Waals surface area contributed by atoms with Gasteiger partial charge in [0.25, 0.3) is 5.91 Å². The predicted molar refractivity (Wildman–Crippen MR) is 54.8 cm³/mol. The van der Waals surface area contributed by atoms with Gasteiger partial charge < -0.3 is 20.7 Å². The number of nitrogens with two attached hydrogens (primary N) is 1.